The first kappa shape index (κ1) is 23.5. The van der Waals surface area contributed by atoms with Crippen LogP contribution in [0.25, 0.3) is 0 Å². The molecule has 10 heteroatoms. The number of sulfonamides is 1. The van der Waals surface area contributed by atoms with Crippen molar-refractivity contribution in [1.82, 2.24) is 9.21 Å². The molecule has 3 heterocycles. The molecule has 3 aliphatic heterocycles. The highest BCUT2D eigenvalue weighted by Gasteiger charge is 2.53. The Morgan fingerprint density at radius 1 is 1.00 bits per heavy atom. The van der Waals surface area contributed by atoms with Crippen LogP contribution in [0.3, 0.4) is 0 Å². The van der Waals surface area contributed by atoms with Crippen LogP contribution in [0.15, 0.2) is 53.4 Å². The van der Waals surface area contributed by atoms with Gasteiger partial charge in [-0.15, -0.1) is 0 Å². The molecule has 2 fully saturated rings. The number of carbonyl (C=O) groups excluding carboxylic acids is 3. The van der Waals surface area contributed by atoms with Crippen molar-refractivity contribution in [1.29, 1.82) is 0 Å². The zero-order valence-electron chi connectivity index (χ0n) is 19.6. The highest BCUT2D eigenvalue weighted by molar-refractivity contribution is 7.89. The molecule has 0 bridgehead atoms. The molecule has 35 heavy (non-hydrogen) atoms. The van der Waals surface area contributed by atoms with E-state index in [0.29, 0.717) is 42.9 Å². The quantitative estimate of drug-likeness (QED) is 0.685. The predicted octanol–water partition coefficient (Wildman–Crippen LogP) is 2.80. The second kappa shape index (κ2) is 8.76. The minimum absolute atomic E-state index is 0.0802. The number of nitrogens with one attached hydrogen (secondary N) is 1. The Morgan fingerprint density at radius 2 is 1.69 bits per heavy atom. The fourth-order valence-corrected chi connectivity index (χ4v) is 6.77. The fraction of sp³-hybridized carbons (Fsp3) is 0.400. The van der Waals surface area contributed by atoms with Gasteiger partial charge in [-0.3, -0.25) is 19.3 Å². The van der Waals surface area contributed by atoms with Crippen molar-refractivity contribution in [2.75, 3.05) is 29.9 Å². The Morgan fingerprint density at radius 3 is 2.40 bits per heavy atom. The Labute approximate surface area is 204 Å². The highest BCUT2D eigenvalue weighted by Crippen LogP contribution is 2.43. The van der Waals surface area contributed by atoms with E-state index >= 15 is 0 Å². The van der Waals surface area contributed by atoms with Crippen LogP contribution in [-0.2, 0) is 19.6 Å². The van der Waals surface area contributed by atoms with Gasteiger partial charge in [-0.05, 0) is 62.6 Å². The number of hydrogen-bond donors (Lipinski definition) is 1. The molecule has 1 N–H and O–H groups in total. The van der Waals surface area contributed by atoms with Crippen molar-refractivity contribution in [2.24, 2.45) is 0 Å². The number of piperidine rings is 1. The van der Waals surface area contributed by atoms with Crippen LogP contribution < -0.4 is 10.2 Å². The summed E-state index contributed by atoms with van der Waals surface area (Å²) in [5, 5.41) is 2.76. The highest BCUT2D eigenvalue weighted by atomic mass is 32.2. The number of para-hydroxylation sites is 1. The van der Waals surface area contributed by atoms with Crippen molar-refractivity contribution in [3.8, 4) is 0 Å². The first-order valence-corrected chi connectivity index (χ1v) is 13.3. The Hall–Kier alpha value is -3.24. The van der Waals surface area contributed by atoms with E-state index in [9.17, 15) is 22.8 Å². The topological polar surface area (TPSA) is 107 Å². The number of carbonyl (C=O) groups is 3. The summed E-state index contributed by atoms with van der Waals surface area (Å²) in [5.41, 5.74) is 0.471. The third-order valence-corrected chi connectivity index (χ3v) is 9.05. The Bertz CT molecular complexity index is 1290. The molecule has 3 aliphatic rings. The zero-order chi connectivity index (χ0) is 24.8. The summed E-state index contributed by atoms with van der Waals surface area (Å²) in [6.07, 6.45) is 3.47. The molecule has 2 saturated heterocycles. The van der Waals surface area contributed by atoms with Crippen molar-refractivity contribution < 1.29 is 22.8 Å². The van der Waals surface area contributed by atoms with E-state index in [2.05, 4.69) is 5.32 Å². The number of anilines is 2. The van der Waals surface area contributed by atoms with Gasteiger partial charge >= 0.3 is 0 Å². The summed E-state index contributed by atoms with van der Waals surface area (Å²) in [6, 6.07) is 13.0. The molecule has 9 nitrogen and oxygen atoms in total. The van der Waals surface area contributed by atoms with Gasteiger partial charge in [-0.1, -0.05) is 18.6 Å². The van der Waals surface area contributed by atoms with Gasteiger partial charge in [-0.2, -0.15) is 4.31 Å². The van der Waals surface area contributed by atoms with Gasteiger partial charge in [0.2, 0.25) is 21.8 Å². The van der Waals surface area contributed by atoms with Crippen LogP contribution in [0.4, 0.5) is 11.4 Å². The van der Waals surface area contributed by atoms with Gasteiger partial charge in [0.25, 0.3) is 5.91 Å². The van der Waals surface area contributed by atoms with Crippen molar-refractivity contribution in [3.05, 3.63) is 54.1 Å². The molecule has 1 unspecified atom stereocenters. The molecule has 184 valence electrons. The molecule has 0 radical (unpaired) electrons. The minimum Gasteiger partial charge on any atom is -0.325 e. The SMILES string of the molecule is CC12CCC(=O)N1c1ccccc1C(=O)N2CC(=O)Nc1ccc(S(=O)(=O)N2CCCCC2)cc1. The van der Waals surface area contributed by atoms with E-state index < -0.39 is 21.6 Å². The first-order valence-electron chi connectivity index (χ1n) is 11.9. The molecule has 0 aliphatic carbocycles. The van der Waals surface area contributed by atoms with E-state index in [-0.39, 0.29) is 23.3 Å². The van der Waals surface area contributed by atoms with Crippen LogP contribution in [0.1, 0.15) is 49.4 Å². The number of benzene rings is 2. The molecule has 2 aromatic rings. The smallest absolute Gasteiger partial charge is 0.258 e. The number of rotatable bonds is 5. The molecule has 1 atom stereocenters. The number of nitrogens with zero attached hydrogens (tertiary/aromatic N) is 3. The summed E-state index contributed by atoms with van der Waals surface area (Å²) < 4.78 is 27.2. The average Bonchev–Trinajstić information content (AvgIpc) is 3.18. The lowest BCUT2D eigenvalue weighted by molar-refractivity contribution is -0.120. The first-order chi connectivity index (χ1) is 16.7. The second-order valence-electron chi connectivity index (χ2n) is 9.39. The number of hydrogen-bond acceptors (Lipinski definition) is 5. The average molecular weight is 497 g/mol. The molecule has 0 saturated carbocycles. The van der Waals surface area contributed by atoms with E-state index in [1.54, 1.807) is 48.2 Å². The molecule has 3 amide bonds. The van der Waals surface area contributed by atoms with Crippen molar-refractivity contribution in [3.63, 3.8) is 0 Å². The van der Waals surface area contributed by atoms with Crippen molar-refractivity contribution in [2.45, 2.75) is 49.6 Å². The lowest BCUT2D eigenvalue weighted by atomic mass is 9.98. The largest absolute Gasteiger partial charge is 0.325 e. The van der Waals surface area contributed by atoms with Crippen molar-refractivity contribution >= 4 is 39.1 Å². The third kappa shape index (κ3) is 4.00. The maximum absolute atomic E-state index is 13.3. The standard InChI is InChI=1S/C25H28N4O5S/c1-25-14-13-23(31)29(25)21-8-4-3-7-20(21)24(32)28(25)17-22(30)26-18-9-11-19(12-10-18)35(33,34)27-15-5-2-6-16-27/h3-4,7-12H,2,5-6,13-17H2,1H3,(H,26,30). The summed E-state index contributed by atoms with van der Waals surface area (Å²) in [6.45, 7) is 2.61. The minimum atomic E-state index is -3.56. The molecular weight excluding hydrogens is 468 g/mol. The summed E-state index contributed by atoms with van der Waals surface area (Å²) in [7, 11) is -3.56. The Kier molecular flexibility index (Phi) is 5.88. The lowest BCUT2D eigenvalue weighted by Crippen LogP contribution is -2.63. The van der Waals surface area contributed by atoms with E-state index in [4.69, 9.17) is 0 Å². The number of amides is 3. The van der Waals surface area contributed by atoms with Gasteiger partial charge in [0, 0.05) is 25.2 Å². The van der Waals surface area contributed by atoms with Crippen LogP contribution in [0.2, 0.25) is 0 Å². The van der Waals surface area contributed by atoms with Crippen LogP contribution in [-0.4, -0.2) is 60.6 Å². The van der Waals surface area contributed by atoms with Gasteiger partial charge in [-0.25, -0.2) is 8.42 Å². The third-order valence-electron chi connectivity index (χ3n) is 7.14. The monoisotopic (exact) mass is 496 g/mol. The van der Waals surface area contributed by atoms with E-state index in [1.807, 2.05) is 0 Å². The van der Waals surface area contributed by atoms with Gasteiger partial charge in [0.1, 0.15) is 12.2 Å². The van der Waals surface area contributed by atoms with E-state index in [0.717, 1.165) is 19.3 Å². The lowest BCUT2D eigenvalue weighted by Gasteiger charge is -2.48. The zero-order valence-corrected chi connectivity index (χ0v) is 20.4. The molecule has 2 aromatic carbocycles. The van der Waals surface area contributed by atoms with Gasteiger partial charge in [0.05, 0.1) is 16.1 Å². The van der Waals surface area contributed by atoms with Crippen LogP contribution >= 0.6 is 0 Å². The van der Waals surface area contributed by atoms with Gasteiger partial charge < -0.3 is 10.2 Å². The normalized spacial score (nSPS) is 22.7. The van der Waals surface area contributed by atoms with Crippen LogP contribution in [0, 0.1) is 0 Å². The summed E-state index contributed by atoms with van der Waals surface area (Å²) >= 11 is 0. The summed E-state index contributed by atoms with van der Waals surface area (Å²) in [4.78, 5) is 42.2. The summed E-state index contributed by atoms with van der Waals surface area (Å²) in [5.74, 6) is -0.805. The molecule has 0 aromatic heterocycles. The maximum atomic E-state index is 13.3. The van der Waals surface area contributed by atoms with Crippen LogP contribution in [0.5, 0.6) is 0 Å². The Balaban J connectivity index is 1.32. The molecular formula is C25H28N4O5S. The fourth-order valence-electron chi connectivity index (χ4n) is 5.25. The maximum Gasteiger partial charge on any atom is 0.258 e. The molecule has 5 rings (SSSR count). The number of fused-ring (bicyclic) bond motifs is 3. The molecule has 0 spiro atoms. The predicted molar refractivity (Wildman–Crippen MR) is 130 cm³/mol. The van der Waals surface area contributed by atoms with Gasteiger partial charge in [0.15, 0.2) is 0 Å². The second-order valence-corrected chi connectivity index (χ2v) is 11.3. The van der Waals surface area contributed by atoms with E-state index in [1.165, 1.54) is 21.3 Å².